The third-order valence-electron chi connectivity index (χ3n) is 4.10. The number of aryl methyl sites for hydroxylation is 1. The van der Waals surface area contributed by atoms with Gasteiger partial charge in [-0.15, -0.1) is 0 Å². The van der Waals surface area contributed by atoms with Crippen LogP contribution in [-0.2, 0) is 11.2 Å². The summed E-state index contributed by atoms with van der Waals surface area (Å²) >= 11 is 0. The summed E-state index contributed by atoms with van der Waals surface area (Å²) in [5.41, 5.74) is 0. The Bertz CT molecular complexity index is 456. The summed E-state index contributed by atoms with van der Waals surface area (Å²) in [5, 5.41) is 7.08. The highest BCUT2D eigenvalue weighted by Crippen LogP contribution is 2.23. The minimum Gasteiger partial charge on any atom is -0.353 e. The summed E-state index contributed by atoms with van der Waals surface area (Å²) in [4.78, 5) is 16.3. The number of carbonyl (C=O) groups excluding carboxylic acids is 1. The van der Waals surface area contributed by atoms with Gasteiger partial charge in [0.2, 0.25) is 11.8 Å². The molecule has 0 aromatic carbocycles. The van der Waals surface area contributed by atoms with E-state index in [0.717, 1.165) is 31.0 Å². The Morgan fingerprint density at radius 2 is 2.24 bits per heavy atom. The van der Waals surface area contributed by atoms with Gasteiger partial charge in [-0.05, 0) is 25.2 Å². The summed E-state index contributed by atoms with van der Waals surface area (Å²) < 4.78 is 5.18. The molecule has 2 rings (SSSR count). The van der Waals surface area contributed by atoms with Gasteiger partial charge in [0.1, 0.15) is 0 Å². The molecule has 118 valence electrons. The van der Waals surface area contributed by atoms with Crippen molar-refractivity contribution in [3.63, 3.8) is 0 Å². The molecule has 21 heavy (non-hydrogen) atoms. The fourth-order valence-corrected chi connectivity index (χ4v) is 2.87. The molecule has 1 aromatic rings. The van der Waals surface area contributed by atoms with Gasteiger partial charge in [0.05, 0.1) is 0 Å². The van der Waals surface area contributed by atoms with Crippen molar-refractivity contribution in [3.8, 4) is 0 Å². The first-order chi connectivity index (χ1) is 10.0. The Kier molecular flexibility index (Phi) is 5.76. The third kappa shape index (κ3) is 5.14. The molecule has 1 fully saturated rings. The van der Waals surface area contributed by atoms with Crippen molar-refractivity contribution in [2.45, 2.75) is 77.7 Å². The van der Waals surface area contributed by atoms with Gasteiger partial charge in [0.15, 0.2) is 5.82 Å². The molecule has 1 aliphatic rings. The van der Waals surface area contributed by atoms with Gasteiger partial charge in [-0.3, -0.25) is 4.79 Å². The maximum atomic E-state index is 11.9. The fourth-order valence-electron chi connectivity index (χ4n) is 2.87. The number of hydrogen-bond acceptors (Lipinski definition) is 4. The highest BCUT2D eigenvalue weighted by Gasteiger charge is 2.20. The molecular weight excluding hydrogens is 266 g/mol. The van der Waals surface area contributed by atoms with Crippen LogP contribution >= 0.6 is 0 Å². The first kappa shape index (κ1) is 16.0. The second-order valence-corrected chi connectivity index (χ2v) is 6.59. The molecule has 5 heteroatoms. The second-order valence-electron chi connectivity index (χ2n) is 6.59. The van der Waals surface area contributed by atoms with Crippen molar-refractivity contribution < 1.29 is 9.32 Å². The van der Waals surface area contributed by atoms with E-state index in [2.05, 4.69) is 22.4 Å². The van der Waals surface area contributed by atoms with E-state index in [0.29, 0.717) is 24.8 Å². The molecule has 0 saturated heterocycles. The lowest BCUT2D eigenvalue weighted by Crippen LogP contribution is -2.37. The maximum Gasteiger partial charge on any atom is 0.226 e. The van der Waals surface area contributed by atoms with Crippen LogP contribution in [0, 0.1) is 5.92 Å². The van der Waals surface area contributed by atoms with Crippen molar-refractivity contribution in [3.05, 3.63) is 11.7 Å². The molecular formula is C16H27N3O2. The highest BCUT2D eigenvalue weighted by molar-refractivity contribution is 5.76. The van der Waals surface area contributed by atoms with Crippen LogP contribution in [0.4, 0.5) is 0 Å². The topological polar surface area (TPSA) is 68.0 Å². The van der Waals surface area contributed by atoms with Gasteiger partial charge >= 0.3 is 0 Å². The molecule has 0 radical (unpaired) electrons. The van der Waals surface area contributed by atoms with Crippen LogP contribution in [0.25, 0.3) is 0 Å². The van der Waals surface area contributed by atoms with Gasteiger partial charge in [0.25, 0.3) is 0 Å². The molecule has 5 nitrogen and oxygen atoms in total. The van der Waals surface area contributed by atoms with Crippen LogP contribution in [0.3, 0.4) is 0 Å². The molecule has 1 N–H and O–H groups in total. The average Bonchev–Trinajstić information content (AvgIpc) is 2.87. The van der Waals surface area contributed by atoms with Crippen LogP contribution in [0.5, 0.6) is 0 Å². The fraction of sp³-hybridized carbons (Fsp3) is 0.812. The second kappa shape index (κ2) is 7.57. The maximum absolute atomic E-state index is 11.9. The highest BCUT2D eigenvalue weighted by atomic mass is 16.5. The van der Waals surface area contributed by atoms with Crippen molar-refractivity contribution in [2.75, 3.05) is 0 Å². The Hall–Kier alpha value is -1.39. The van der Waals surface area contributed by atoms with E-state index in [1.807, 2.05) is 13.8 Å². The number of aromatic nitrogens is 2. The SMILES string of the molecule is CC(C)c1noc(CCCC(=O)N[C@@H]2CCC[C@H](C)C2)n1. The van der Waals surface area contributed by atoms with E-state index in [1.54, 1.807) is 0 Å². The molecule has 1 aromatic heterocycles. The van der Waals surface area contributed by atoms with Crippen molar-refractivity contribution in [1.29, 1.82) is 0 Å². The Balaban J connectivity index is 1.66. The van der Waals surface area contributed by atoms with Gasteiger partial charge in [-0.2, -0.15) is 4.98 Å². The zero-order chi connectivity index (χ0) is 15.2. The molecule has 0 aliphatic heterocycles. The quantitative estimate of drug-likeness (QED) is 0.874. The molecule has 1 saturated carbocycles. The number of amides is 1. The Morgan fingerprint density at radius 3 is 2.90 bits per heavy atom. The van der Waals surface area contributed by atoms with Crippen molar-refractivity contribution in [1.82, 2.24) is 15.5 Å². The third-order valence-corrected chi connectivity index (χ3v) is 4.10. The Labute approximate surface area is 126 Å². The summed E-state index contributed by atoms with van der Waals surface area (Å²) in [6.07, 6.45) is 6.73. The zero-order valence-corrected chi connectivity index (χ0v) is 13.4. The minimum absolute atomic E-state index is 0.151. The van der Waals surface area contributed by atoms with E-state index in [-0.39, 0.29) is 11.8 Å². The first-order valence-electron chi connectivity index (χ1n) is 8.16. The summed E-state index contributed by atoms with van der Waals surface area (Å²) in [6.45, 7) is 6.33. The molecule has 0 unspecified atom stereocenters. The standard InChI is InChI=1S/C16H27N3O2/c1-11(2)16-18-15(21-19-16)9-5-8-14(20)17-13-7-4-6-12(3)10-13/h11-13H,4-10H2,1-3H3,(H,17,20)/t12-,13+/m0/s1. The number of nitrogens with one attached hydrogen (secondary N) is 1. The minimum atomic E-state index is 0.151. The average molecular weight is 293 g/mol. The number of nitrogens with zero attached hydrogens (tertiary/aromatic N) is 2. The molecule has 0 bridgehead atoms. The van der Waals surface area contributed by atoms with Crippen LogP contribution in [0.2, 0.25) is 0 Å². The molecule has 1 aliphatic carbocycles. The van der Waals surface area contributed by atoms with Gasteiger partial charge in [0, 0.05) is 24.8 Å². The monoisotopic (exact) mass is 293 g/mol. The largest absolute Gasteiger partial charge is 0.353 e. The van der Waals surface area contributed by atoms with Gasteiger partial charge in [-0.25, -0.2) is 0 Å². The van der Waals surface area contributed by atoms with Gasteiger partial charge < -0.3 is 9.84 Å². The van der Waals surface area contributed by atoms with Gasteiger partial charge in [-0.1, -0.05) is 38.8 Å². The van der Waals surface area contributed by atoms with E-state index in [1.165, 1.54) is 12.8 Å². The predicted octanol–water partition coefficient (Wildman–Crippen LogP) is 3.21. The molecule has 1 heterocycles. The molecule has 1 amide bonds. The first-order valence-corrected chi connectivity index (χ1v) is 8.16. The van der Waals surface area contributed by atoms with Crippen LogP contribution in [-0.4, -0.2) is 22.1 Å². The lowest BCUT2D eigenvalue weighted by Gasteiger charge is -2.27. The smallest absolute Gasteiger partial charge is 0.226 e. The zero-order valence-electron chi connectivity index (χ0n) is 13.4. The van der Waals surface area contributed by atoms with E-state index in [9.17, 15) is 4.79 Å². The molecule has 2 atom stereocenters. The van der Waals surface area contributed by atoms with E-state index in [4.69, 9.17) is 4.52 Å². The van der Waals surface area contributed by atoms with Crippen molar-refractivity contribution >= 4 is 5.91 Å². The lowest BCUT2D eigenvalue weighted by molar-refractivity contribution is -0.122. The Morgan fingerprint density at radius 1 is 1.43 bits per heavy atom. The van der Waals surface area contributed by atoms with Crippen LogP contribution < -0.4 is 5.32 Å². The summed E-state index contributed by atoms with van der Waals surface area (Å²) in [6, 6.07) is 0.372. The summed E-state index contributed by atoms with van der Waals surface area (Å²) in [5.74, 6) is 2.54. The van der Waals surface area contributed by atoms with Crippen LogP contribution in [0.15, 0.2) is 4.52 Å². The number of hydrogen-bond donors (Lipinski definition) is 1. The van der Waals surface area contributed by atoms with E-state index < -0.39 is 0 Å². The predicted molar refractivity (Wildman–Crippen MR) is 80.9 cm³/mol. The molecule has 0 spiro atoms. The van der Waals surface area contributed by atoms with E-state index >= 15 is 0 Å². The van der Waals surface area contributed by atoms with Crippen molar-refractivity contribution in [2.24, 2.45) is 5.92 Å². The van der Waals surface area contributed by atoms with Crippen LogP contribution in [0.1, 0.15) is 76.9 Å². The number of rotatable bonds is 6. The number of carbonyl (C=O) groups is 1. The lowest BCUT2D eigenvalue weighted by atomic mass is 9.87. The summed E-state index contributed by atoms with van der Waals surface area (Å²) in [7, 11) is 0. The normalized spacial score (nSPS) is 22.5.